The lowest BCUT2D eigenvalue weighted by Gasteiger charge is -2.15. The average molecular weight is 369 g/mol. The van der Waals surface area contributed by atoms with Crippen LogP contribution in [0.15, 0.2) is 24.5 Å². The Kier molecular flexibility index (Phi) is 6.13. The molecule has 0 bridgehead atoms. The number of hydrogen-bond donors (Lipinski definition) is 1. The van der Waals surface area contributed by atoms with Crippen molar-refractivity contribution in [2.75, 3.05) is 25.6 Å². The highest BCUT2D eigenvalue weighted by molar-refractivity contribution is 5.92. The van der Waals surface area contributed by atoms with Crippen molar-refractivity contribution in [2.24, 2.45) is 0 Å². The van der Waals surface area contributed by atoms with Gasteiger partial charge in [-0.05, 0) is 18.2 Å². The third-order valence-corrected chi connectivity index (χ3v) is 3.16. The van der Waals surface area contributed by atoms with E-state index in [0.717, 1.165) is 22.8 Å². The number of nitrogens with zero attached hydrogens (tertiary/aromatic N) is 4. The quantitative estimate of drug-likeness (QED) is 0.747. The number of benzene rings is 1. The summed E-state index contributed by atoms with van der Waals surface area (Å²) >= 11 is 0. The molecule has 11 heteroatoms. The molecule has 0 saturated carbocycles. The number of anilines is 1. The van der Waals surface area contributed by atoms with Gasteiger partial charge in [-0.25, -0.2) is 0 Å². The summed E-state index contributed by atoms with van der Waals surface area (Å²) in [7, 11) is 1.45. The number of carbonyl (C=O) groups excluding carboxylic acids is 1. The number of aromatic nitrogens is 3. The maximum absolute atomic E-state index is 12.9. The molecular weight excluding hydrogens is 355 g/mol. The smallest absolute Gasteiger partial charge is 0.416 e. The summed E-state index contributed by atoms with van der Waals surface area (Å²) in [5, 5.41) is 18.2. The number of nitriles is 1. The van der Waals surface area contributed by atoms with E-state index in [1.54, 1.807) is 6.07 Å². The van der Waals surface area contributed by atoms with Crippen molar-refractivity contribution in [1.82, 2.24) is 14.8 Å². The van der Waals surface area contributed by atoms with Crippen LogP contribution in [0.5, 0.6) is 5.75 Å². The zero-order valence-corrected chi connectivity index (χ0v) is 13.6. The maximum Gasteiger partial charge on any atom is 0.416 e. The van der Waals surface area contributed by atoms with Crippen LogP contribution in [0.2, 0.25) is 0 Å². The minimum absolute atomic E-state index is 0.0627. The second-order valence-electron chi connectivity index (χ2n) is 4.99. The molecule has 0 spiro atoms. The third kappa shape index (κ3) is 4.93. The molecule has 1 amide bonds. The highest BCUT2D eigenvalue weighted by Crippen LogP contribution is 2.35. The fourth-order valence-electron chi connectivity index (χ4n) is 1.97. The summed E-state index contributed by atoms with van der Waals surface area (Å²) in [4.78, 5) is 12.1. The molecule has 2 aromatic rings. The van der Waals surface area contributed by atoms with Gasteiger partial charge >= 0.3 is 6.18 Å². The van der Waals surface area contributed by atoms with Gasteiger partial charge in [-0.2, -0.15) is 18.4 Å². The summed E-state index contributed by atoms with van der Waals surface area (Å²) in [6.45, 7) is -0.0287. The van der Waals surface area contributed by atoms with Gasteiger partial charge in [-0.1, -0.05) is 0 Å². The number of amides is 1. The Morgan fingerprint density at radius 1 is 1.38 bits per heavy atom. The minimum Gasteiger partial charge on any atom is -0.489 e. The number of hydrogen-bond acceptors (Lipinski definition) is 6. The normalized spacial score (nSPS) is 11.0. The lowest BCUT2D eigenvalue weighted by atomic mass is 10.1. The molecule has 0 unspecified atom stereocenters. The van der Waals surface area contributed by atoms with Crippen LogP contribution < -0.4 is 10.1 Å². The van der Waals surface area contributed by atoms with Crippen LogP contribution in [0.1, 0.15) is 11.4 Å². The van der Waals surface area contributed by atoms with Gasteiger partial charge in [0.25, 0.3) is 0 Å². The van der Waals surface area contributed by atoms with E-state index < -0.39 is 17.6 Å². The third-order valence-electron chi connectivity index (χ3n) is 3.16. The van der Waals surface area contributed by atoms with E-state index in [1.807, 2.05) is 0 Å². The van der Waals surface area contributed by atoms with Crippen molar-refractivity contribution >= 4 is 11.6 Å². The summed E-state index contributed by atoms with van der Waals surface area (Å²) in [5.41, 5.74) is -1.08. The number of rotatable bonds is 7. The molecule has 1 N–H and O–H groups in total. The molecule has 26 heavy (non-hydrogen) atoms. The number of ether oxygens (including phenoxy) is 2. The van der Waals surface area contributed by atoms with Gasteiger partial charge in [-0.15, -0.1) is 10.2 Å². The number of carbonyl (C=O) groups is 1. The van der Waals surface area contributed by atoms with Gasteiger partial charge in [0.15, 0.2) is 0 Å². The van der Waals surface area contributed by atoms with Gasteiger partial charge in [0.2, 0.25) is 11.7 Å². The van der Waals surface area contributed by atoms with Crippen LogP contribution in [0.4, 0.5) is 18.9 Å². The molecule has 1 aromatic carbocycles. The Morgan fingerprint density at radius 3 is 2.81 bits per heavy atom. The summed E-state index contributed by atoms with van der Waals surface area (Å²) < 4.78 is 50.1. The average Bonchev–Trinajstić information content (AvgIpc) is 3.02. The molecule has 1 heterocycles. The van der Waals surface area contributed by atoms with E-state index in [4.69, 9.17) is 14.7 Å². The number of halogens is 3. The van der Waals surface area contributed by atoms with Gasteiger partial charge in [0.05, 0.1) is 17.9 Å². The molecule has 0 aliphatic heterocycles. The van der Waals surface area contributed by atoms with Crippen molar-refractivity contribution in [2.45, 2.75) is 12.7 Å². The number of methoxy groups -OCH3 is 1. The van der Waals surface area contributed by atoms with Gasteiger partial charge < -0.3 is 14.8 Å². The van der Waals surface area contributed by atoms with E-state index in [2.05, 4.69) is 15.5 Å². The lowest BCUT2D eigenvalue weighted by Crippen LogP contribution is -2.20. The molecule has 0 saturated heterocycles. The molecule has 1 aromatic heterocycles. The van der Waals surface area contributed by atoms with E-state index in [9.17, 15) is 18.0 Å². The molecule has 138 valence electrons. The van der Waals surface area contributed by atoms with Crippen molar-refractivity contribution < 1.29 is 27.4 Å². The molecule has 0 aliphatic rings. The lowest BCUT2D eigenvalue weighted by molar-refractivity contribution is -0.137. The summed E-state index contributed by atoms with van der Waals surface area (Å²) in [5.74, 6) is -0.703. The fraction of sp³-hybridized carbons (Fsp3) is 0.333. The van der Waals surface area contributed by atoms with Crippen LogP contribution in [0, 0.1) is 11.3 Å². The molecular formula is C15H14F3N5O3. The minimum atomic E-state index is -4.58. The highest BCUT2D eigenvalue weighted by Gasteiger charge is 2.31. The first-order valence-corrected chi connectivity index (χ1v) is 7.26. The topological polar surface area (TPSA) is 102 Å². The number of alkyl halides is 3. The van der Waals surface area contributed by atoms with Gasteiger partial charge in [0, 0.05) is 7.11 Å². The molecule has 0 atom stereocenters. The first-order valence-electron chi connectivity index (χ1n) is 7.26. The first kappa shape index (κ1) is 19.2. The van der Waals surface area contributed by atoms with Crippen LogP contribution in [0.3, 0.4) is 0 Å². The molecule has 8 nitrogen and oxygen atoms in total. The van der Waals surface area contributed by atoms with Crippen LogP contribution in [0.25, 0.3) is 0 Å². The Labute approximate surface area is 146 Å². The standard InChI is InChI=1S/C15H14F3N5O3/c1-25-4-5-26-12-3-2-10(15(16,17)18)6-11(12)21-14(24)8-23-9-20-22-13(23)7-19/h2-3,6,9H,4-5,8H2,1H3,(H,21,24). The Bertz CT molecular complexity index is 814. The van der Waals surface area contributed by atoms with E-state index in [1.165, 1.54) is 13.4 Å². The monoisotopic (exact) mass is 369 g/mol. The van der Waals surface area contributed by atoms with Crippen LogP contribution >= 0.6 is 0 Å². The molecule has 0 aliphatic carbocycles. The van der Waals surface area contributed by atoms with E-state index in [0.29, 0.717) is 0 Å². The van der Waals surface area contributed by atoms with Crippen LogP contribution in [-0.4, -0.2) is 41.0 Å². The molecule has 0 radical (unpaired) electrons. The SMILES string of the molecule is COCCOc1ccc(C(F)(F)F)cc1NC(=O)Cn1cnnc1C#N. The Balaban J connectivity index is 2.20. The predicted molar refractivity (Wildman–Crippen MR) is 82.2 cm³/mol. The van der Waals surface area contributed by atoms with Crippen molar-refractivity contribution in [3.05, 3.63) is 35.9 Å². The predicted octanol–water partition coefficient (Wildman–Crippen LogP) is 1.83. The largest absolute Gasteiger partial charge is 0.489 e. The zero-order chi connectivity index (χ0) is 19.2. The fourth-order valence-corrected chi connectivity index (χ4v) is 1.97. The van der Waals surface area contributed by atoms with Crippen molar-refractivity contribution in [1.29, 1.82) is 5.26 Å². The van der Waals surface area contributed by atoms with Crippen LogP contribution in [-0.2, 0) is 22.3 Å². The number of nitrogens with one attached hydrogen (secondary N) is 1. The highest BCUT2D eigenvalue weighted by atomic mass is 19.4. The van der Waals surface area contributed by atoms with Gasteiger partial charge in [-0.3, -0.25) is 9.36 Å². The van der Waals surface area contributed by atoms with Crippen molar-refractivity contribution in [3.8, 4) is 11.8 Å². The molecule has 0 fully saturated rings. The Hall–Kier alpha value is -3.13. The molecule has 2 rings (SSSR count). The maximum atomic E-state index is 12.9. The van der Waals surface area contributed by atoms with Crippen molar-refractivity contribution in [3.63, 3.8) is 0 Å². The van der Waals surface area contributed by atoms with E-state index in [-0.39, 0.29) is 37.0 Å². The van der Waals surface area contributed by atoms with E-state index >= 15 is 0 Å². The summed E-state index contributed by atoms with van der Waals surface area (Å²) in [6.07, 6.45) is -3.41. The first-order chi connectivity index (χ1) is 12.3. The van der Waals surface area contributed by atoms with Gasteiger partial charge in [0.1, 0.15) is 31.3 Å². The summed E-state index contributed by atoms with van der Waals surface area (Å²) in [6, 6.07) is 4.49. The second-order valence-corrected chi connectivity index (χ2v) is 4.99. The Morgan fingerprint density at radius 2 is 2.15 bits per heavy atom. The zero-order valence-electron chi connectivity index (χ0n) is 13.6. The second kappa shape index (κ2) is 8.30.